The third-order valence-electron chi connectivity index (χ3n) is 2.10. The molecule has 3 heteroatoms. The van der Waals surface area contributed by atoms with Gasteiger partial charge in [-0.1, -0.05) is 6.08 Å². The Bertz CT molecular complexity index is 169. The van der Waals surface area contributed by atoms with Crippen molar-refractivity contribution in [1.29, 1.82) is 0 Å². The maximum Gasteiger partial charge on any atom is 0.219 e. The molecule has 0 aliphatic rings. The summed E-state index contributed by atoms with van der Waals surface area (Å²) in [5.41, 5.74) is 0. The maximum absolute atomic E-state index is 11.2. The zero-order valence-electron chi connectivity index (χ0n) is 9.29. The Labute approximate surface area is 86.7 Å². The van der Waals surface area contributed by atoms with E-state index in [-0.39, 0.29) is 5.91 Å². The molecule has 3 nitrogen and oxygen atoms in total. The first-order valence-electron chi connectivity index (χ1n) is 5.07. The van der Waals surface area contributed by atoms with E-state index < -0.39 is 0 Å². The van der Waals surface area contributed by atoms with E-state index in [4.69, 9.17) is 4.74 Å². The predicted octanol–water partition coefficient (Wildman–Crippen LogP) is 1.84. The van der Waals surface area contributed by atoms with Gasteiger partial charge in [-0.2, -0.15) is 0 Å². The lowest BCUT2D eigenvalue weighted by atomic mass is 10.2. The fourth-order valence-corrected chi connectivity index (χ4v) is 1.22. The molecule has 82 valence electrons. The van der Waals surface area contributed by atoms with Crippen LogP contribution in [0.5, 0.6) is 0 Å². The molecule has 0 aliphatic heterocycles. The molecule has 0 saturated heterocycles. The molecule has 0 radical (unpaired) electrons. The van der Waals surface area contributed by atoms with Gasteiger partial charge in [0, 0.05) is 27.1 Å². The Hall–Kier alpha value is -0.830. The highest BCUT2D eigenvalue weighted by Gasteiger charge is 2.06. The van der Waals surface area contributed by atoms with E-state index in [1.54, 1.807) is 14.0 Å². The van der Waals surface area contributed by atoms with E-state index in [1.165, 1.54) is 0 Å². The number of carbonyl (C=O) groups excluding carboxylic acids is 1. The van der Waals surface area contributed by atoms with Crippen LogP contribution in [0.4, 0.5) is 0 Å². The third kappa shape index (κ3) is 6.66. The van der Waals surface area contributed by atoms with Crippen molar-refractivity contribution in [3.63, 3.8) is 0 Å². The summed E-state index contributed by atoms with van der Waals surface area (Å²) in [6, 6.07) is 0. The molecule has 0 bridgehead atoms. The van der Waals surface area contributed by atoms with E-state index in [0.717, 1.165) is 25.8 Å². The topological polar surface area (TPSA) is 29.5 Å². The summed E-state index contributed by atoms with van der Waals surface area (Å²) in [7, 11) is 1.65. The number of hydrogen-bond donors (Lipinski definition) is 0. The third-order valence-corrected chi connectivity index (χ3v) is 2.10. The van der Waals surface area contributed by atoms with Gasteiger partial charge < -0.3 is 9.64 Å². The SMILES string of the molecule is C=CCCCCN(CCOC)C(C)=O. The summed E-state index contributed by atoms with van der Waals surface area (Å²) in [5, 5.41) is 0. The van der Waals surface area contributed by atoms with E-state index in [2.05, 4.69) is 6.58 Å². The molecule has 0 N–H and O–H groups in total. The second-order valence-corrected chi connectivity index (χ2v) is 3.28. The smallest absolute Gasteiger partial charge is 0.219 e. The van der Waals surface area contributed by atoms with Crippen LogP contribution in [0.25, 0.3) is 0 Å². The molecule has 0 fully saturated rings. The van der Waals surface area contributed by atoms with Crippen molar-refractivity contribution < 1.29 is 9.53 Å². The first-order chi connectivity index (χ1) is 6.72. The van der Waals surface area contributed by atoms with Crippen molar-refractivity contribution in [1.82, 2.24) is 4.90 Å². The van der Waals surface area contributed by atoms with Gasteiger partial charge in [0.1, 0.15) is 0 Å². The van der Waals surface area contributed by atoms with Crippen LogP contribution in [0.3, 0.4) is 0 Å². The van der Waals surface area contributed by atoms with Crippen molar-refractivity contribution >= 4 is 5.91 Å². The highest BCUT2D eigenvalue weighted by atomic mass is 16.5. The Morgan fingerprint density at radius 1 is 1.43 bits per heavy atom. The Morgan fingerprint density at radius 3 is 2.64 bits per heavy atom. The number of carbonyl (C=O) groups is 1. The fourth-order valence-electron chi connectivity index (χ4n) is 1.22. The van der Waals surface area contributed by atoms with Gasteiger partial charge in [-0.05, 0) is 19.3 Å². The lowest BCUT2D eigenvalue weighted by Crippen LogP contribution is -2.32. The first kappa shape index (κ1) is 13.2. The first-order valence-corrected chi connectivity index (χ1v) is 5.07. The lowest BCUT2D eigenvalue weighted by Gasteiger charge is -2.20. The molecule has 14 heavy (non-hydrogen) atoms. The zero-order valence-corrected chi connectivity index (χ0v) is 9.29. The van der Waals surface area contributed by atoms with Crippen LogP contribution in [0, 0.1) is 0 Å². The summed E-state index contributed by atoms with van der Waals surface area (Å²) in [5.74, 6) is 0.126. The molecule has 0 heterocycles. The van der Waals surface area contributed by atoms with E-state index in [9.17, 15) is 4.79 Å². The van der Waals surface area contributed by atoms with Crippen LogP contribution in [-0.2, 0) is 9.53 Å². The van der Waals surface area contributed by atoms with Gasteiger partial charge in [-0.15, -0.1) is 6.58 Å². The molecule has 0 aromatic carbocycles. The molecule has 0 spiro atoms. The quantitative estimate of drug-likeness (QED) is 0.441. The van der Waals surface area contributed by atoms with E-state index >= 15 is 0 Å². The monoisotopic (exact) mass is 199 g/mol. The maximum atomic E-state index is 11.2. The summed E-state index contributed by atoms with van der Waals surface area (Å²) < 4.78 is 4.94. The second kappa shape index (κ2) is 8.75. The number of methoxy groups -OCH3 is 1. The van der Waals surface area contributed by atoms with Crippen molar-refractivity contribution in [3.05, 3.63) is 12.7 Å². The molecule has 0 atom stereocenters. The standard InChI is InChI=1S/C11H21NO2/c1-4-5-6-7-8-12(11(2)13)9-10-14-3/h4H,1,5-10H2,2-3H3. The molecular weight excluding hydrogens is 178 g/mol. The lowest BCUT2D eigenvalue weighted by molar-refractivity contribution is -0.129. The van der Waals surface area contributed by atoms with Crippen LogP contribution in [-0.4, -0.2) is 37.6 Å². The minimum absolute atomic E-state index is 0.126. The van der Waals surface area contributed by atoms with Crippen LogP contribution >= 0.6 is 0 Å². The summed E-state index contributed by atoms with van der Waals surface area (Å²) in [6.07, 6.45) is 5.07. The van der Waals surface area contributed by atoms with Crippen LogP contribution in [0.1, 0.15) is 26.2 Å². The molecule has 0 unspecified atom stereocenters. The van der Waals surface area contributed by atoms with Gasteiger partial charge >= 0.3 is 0 Å². The van der Waals surface area contributed by atoms with E-state index in [1.807, 2.05) is 11.0 Å². The average molecular weight is 199 g/mol. The normalized spacial score (nSPS) is 9.86. The van der Waals surface area contributed by atoms with Crippen LogP contribution in [0.2, 0.25) is 0 Å². The summed E-state index contributed by atoms with van der Waals surface area (Å²) in [4.78, 5) is 13.0. The molecule has 1 amide bonds. The second-order valence-electron chi connectivity index (χ2n) is 3.28. The van der Waals surface area contributed by atoms with Crippen molar-refractivity contribution in [3.8, 4) is 0 Å². The molecule has 0 aromatic rings. The fraction of sp³-hybridized carbons (Fsp3) is 0.727. The van der Waals surface area contributed by atoms with Crippen molar-refractivity contribution in [2.45, 2.75) is 26.2 Å². The molecule has 0 saturated carbocycles. The number of rotatable bonds is 8. The van der Waals surface area contributed by atoms with Crippen molar-refractivity contribution in [2.75, 3.05) is 26.8 Å². The molecule has 0 aliphatic carbocycles. The molecule has 0 aromatic heterocycles. The predicted molar refractivity (Wildman–Crippen MR) is 58.2 cm³/mol. The zero-order chi connectivity index (χ0) is 10.8. The minimum Gasteiger partial charge on any atom is -0.383 e. The molecular formula is C11H21NO2. The number of allylic oxidation sites excluding steroid dienone is 1. The highest BCUT2D eigenvalue weighted by Crippen LogP contribution is 1.99. The number of unbranched alkanes of at least 4 members (excludes halogenated alkanes) is 2. The van der Waals surface area contributed by atoms with Crippen LogP contribution < -0.4 is 0 Å². The van der Waals surface area contributed by atoms with Gasteiger partial charge in [-0.3, -0.25) is 4.79 Å². The van der Waals surface area contributed by atoms with Gasteiger partial charge in [-0.25, -0.2) is 0 Å². The Morgan fingerprint density at radius 2 is 2.14 bits per heavy atom. The highest BCUT2D eigenvalue weighted by molar-refractivity contribution is 5.73. The Balaban J connectivity index is 3.62. The Kier molecular flexibility index (Phi) is 8.24. The number of amides is 1. The summed E-state index contributed by atoms with van der Waals surface area (Å²) in [6.45, 7) is 7.39. The minimum atomic E-state index is 0.126. The number of ether oxygens (including phenoxy) is 1. The van der Waals surface area contributed by atoms with Crippen molar-refractivity contribution in [2.24, 2.45) is 0 Å². The van der Waals surface area contributed by atoms with Gasteiger partial charge in [0.2, 0.25) is 5.91 Å². The molecule has 0 rings (SSSR count). The van der Waals surface area contributed by atoms with Gasteiger partial charge in [0.15, 0.2) is 0 Å². The number of nitrogens with zero attached hydrogens (tertiary/aromatic N) is 1. The number of hydrogen-bond acceptors (Lipinski definition) is 2. The van der Waals surface area contributed by atoms with E-state index in [0.29, 0.717) is 13.2 Å². The van der Waals surface area contributed by atoms with Crippen LogP contribution in [0.15, 0.2) is 12.7 Å². The van der Waals surface area contributed by atoms with Gasteiger partial charge in [0.05, 0.1) is 6.61 Å². The largest absolute Gasteiger partial charge is 0.383 e. The van der Waals surface area contributed by atoms with Gasteiger partial charge in [0.25, 0.3) is 0 Å². The average Bonchev–Trinajstić information content (AvgIpc) is 2.16. The summed E-state index contributed by atoms with van der Waals surface area (Å²) >= 11 is 0.